The van der Waals surface area contributed by atoms with Crippen molar-refractivity contribution in [3.05, 3.63) is 28.7 Å². The molecule has 0 radical (unpaired) electrons. The molecule has 2 bridgehead atoms. The number of alkyl halides is 3. The van der Waals surface area contributed by atoms with Crippen molar-refractivity contribution in [2.45, 2.75) is 30.8 Å². The van der Waals surface area contributed by atoms with Crippen molar-refractivity contribution >= 4 is 23.0 Å². The fourth-order valence-corrected chi connectivity index (χ4v) is 3.26. The molecule has 4 heterocycles. The molecule has 2 aliphatic rings. The number of carbonyl (C=O) groups is 1. The van der Waals surface area contributed by atoms with Gasteiger partial charge in [0.25, 0.3) is 0 Å². The summed E-state index contributed by atoms with van der Waals surface area (Å²) in [5.74, 6) is -0.722. The van der Waals surface area contributed by atoms with E-state index in [1.165, 1.54) is 0 Å². The van der Waals surface area contributed by atoms with Crippen LogP contribution in [0.2, 0.25) is 5.02 Å². The smallest absolute Gasteiger partial charge is 0.364 e. The van der Waals surface area contributed by atoms with Crippen molar-refractivity contribution in [1.82, 2.24) is 19.9 Å². The summed E-state index contributed by atoms with van der Waals surface area (Å²) in [6, 6.07) is 0.608. The van der Waals surface area contributed by atoms with Gasteiger partial charge in [0.1, 0.15) is 6.10 Å². The van der Waals surface area contributed by atoms with Crippen LogP contribution in [0.5, 0.6) is 0 Å². The van der Waals surface area contributed by atoms with Gasteiger partial charge < -0.3 is 10.1 Å². The number of carbonyl (C=O) groups excluding carboxylic acids is 1. The Bertz CT molecular complexity index is 806. The summed E-state index contributed by atoms with van der Waals surface area (Å²) in [6.07, 6.45) is -3.94. The molecule has 0 amide bonds. The third-order valence-electron chi connectivity index (χ3n) is 4.10. The topological polar surface area (TPSA) is 68.5 Å². The average Bonchev–Trinajstić information content (AvgIpc) is 3.20. The molecular formula is C13H10ClF3N4O2. The van der Waals surface area contributed by atoms with Crippen LogP contribution in [0.25, 0.3) is 5.65 Å². The number of morpholine rings is 1. The largest absolute Gasteiger partial charge is 0.417 e. The van der Waals surface area contributed by atoms with Gasteiger partial charge in [-0.15, -0.1) is 10.2 Å². The van der Waals surface area contributed by atoms with E-state index in [4.69, 9.17) is 16.3 Å². The minimum absolute atomic E-state index is 0.000803. The monoisotopic (exact) mass is 346 g/mol. The van der Waals surface area contributed by atoms with Crippen molar-refractivity contribution in [3.63, 3.8) is 0 Å². The Morgan fingerprint density at radius 1 is 1.43 bits per heavy atom. The highest BCUT2D eigenvalue weighted by molar-refractivity contribution is 6.33. The summed E-state index contributed by atoms with van der Waals surface area (Å²) >= 11 is 5.83. The number of nitrogens with zero attached hydrogens (tertiary/aromatic N) is 3. The first kappa shape index (κ1) is 14.9. The van der Waals surface area contributed by atoms with Crippen LogP contribution >= 0.6 is 11.6 Å². The summed E-state index contributed by atoms with van der Waals surface area (Å²) in [7, 11) is 0. The van der Waals surface area contributed by atoms with Gasteiger partial charge in [-0.25, -0.2) is 0 Å². The molecule has 3 atom stereocenters. The molecule has 23 heavy (non-hydrogen) atoms. The van der Waals surface area contributed by atoms with Crippen molar-refractivity contribution < 1.29 is 22.7 Å². The van der Waals surface area contributed by atoms with Crippen LogP contribution in [0.15, 0.2) is 12.3 Å². The van der Waals surface area contributed by atoms with Gasteiger partial charge in [-0.05, 0) is 12.5 Å². The maximum absolute atomic E-state index is 12.9. The van der Waals surface area contributed by atoms with E-state index in [-0.39, 0.29) is 28.6 Å². The molecule has 1 N–H and O–H groups in total. The standard InChI is InChI=1S/C13H10ClF3N4O2/c14-7-1-5(13(15,16)17)4-21-11(7)19-20-12(21)9(22)10-8-2-6(23-10)3-18-8/h1,4,6,8,10,18H,2-3H2/t6-,8-,10?/m0/s1. The average molecular weight is 347 g/mol. The summed E-state index contributed by atoms with van der Waals surface area (Å²) in [4.78, 5) is 12.6. The van der Waals surface area contributed by atoms with Crippen molar-refractivity contribution in [3.8, 4) is 0 Å². The second kappa shape index (κ2) is 4.89. The van der Waals surface area contributed by atoms with Crippen LogP contribution < -0.4 is 5.32 Å². The van der Waals surface area contributed by atoms with Crippen molar-refractivity contribution in [2.24, 2.45) is 0 Å². The zero-order valence-electron chi connectivity index (χ0n) is 11.5. The lowest BCUT2D eigenvalue weighted by Gasteiger charge is -2.21. The van der Waals surface area contributed by atoms with E-state index >= 15 is 0 Å². The first-order valence-corrected chi connectivity index (χ1v) is 7.27. The zero-order valence-corrected chi connectivity index (χ0v) is 12.2. The molecule has 2 fully saturated rings. The number of ketones is 1. The van der Waals surface area contributed by atoms with Crippen LogP contribution in [-0.2, 0) is 10.9 Å². The van der Waals surface area contributed by atoms with E-state index in [0.717, 1.165) is 16.7 Å². The number of rotatable bonds is 2. The Balaban J connectivity index is 1.78. The summed E-state index contributed by atoms with van der Waals surface area (Å²) in [6.45, 7) is 0.666. The predicted molar refractivity (Wildman–Crippen MR) is 72.4 cm³/mol. The van der Waals surface area contributed by atoms with E-state index in [0.29, 0.717) is 13.0 Å². The molecule has 1 unspecified atom stereocenters. The first-order valence-electron chi connectivity index (χ1n) is 6.89. The molecule has 0 aliphatic carbocycles. The number of halogens is 4. The van der Waals surface area contributed by atoms with Crippen LogP contribution in [0, 0.1) is 0 Å². The van der Waals surface area contributed by atoms with E-state index in [2.05, 4.69) is 15.5 Å². The van der Waals surface area contributed by atoms with Crippen molar-refractivity contribution in [1.29, 1.82) is 0 Å². The van der Waals surface area contributed by atoms with E-state index in [9.17, 15) is 18.0 Å². The SMILES string of the molecule is O=C(c1nnc2c(Cl)cc(C(F)(F)F)cn12)C1O[C@@H]2CN[C@H]1C2. The number of pyridine rings is 1. The second-order valence-corrected chi connectivity index (χ2v) is 5.99. The third-order valence-corrected chi connectivity index (χ3v) is 4.37. The van der Waals surface area contributed by atoms with Gasteiger partial charge in [0.2, 0.25) is 11.6 Å². The molecule has 0 aromatic carbocycles. The van der Waals surface area contributed by atoms with Gasteiger partial charge in [0, 0.05) is 18.8 Å². The highest BCUT2D eigenvalue weighted by atomic mass is 35.5. The summed E-state index contributed by atoms with van der Waals surface area (Å²) in [5, 5.41) is 10.3. The predicted octanol–water partition coefficient (Wildman–Crippen LogP) is 1.71. The van der Waals surface area contributed by atoms with Crippen LogP contribution in [0.3, 0.4) is 0 Å². The van der Waals surface area contributed by atoms with E-state index in [1.807, 2.05) is 0 Å². The lowest BCUT2D eigenvalue weighted by atomic mass is 10.1. The number of aromatic nitrogens is 3. The lowest BCUT2D eigenvalue weighted by Crippen LogP contribution is -2.44. The maximum Gasteiger partial charge on any atom is 0.417 e. The van der Waals surface area contributed by atoms with Gasteiger partial charge in [-0.3, -0.25) is 9.20 Å². The van der Waals surface area contributed by atoms with Crippen LogP contribution in [-0.4, -0.2) is 45.2 Å². The van der Waals surface area contributed by atoms with E-state index < -0.39 is 23.6 Å². The molecule has 2 aromatic heterocycles. The number of hydrogen-bond donors (Lipinski definition) is 1. The minimum Gasteiger partial charge on any atom is -0.364 e. The first-order chi connectivity index (χ1) is 10.8. The number of hydrogen-bond acceptors (Lipinski definition) is 5. The molecule has 10 heteroatoms. The molecular weight excluding hydrogens is 337 g/mol. The summed E-state index contributed by atoms with van der Waals surface area (Å²) in [5.41, 5.74) is -0.977. The van der Waals surface area contributed by atoms with Gasteiger partial charge in [-0.1, -0.05) is 11.6 Å². The maximum atomic E-state index is 12.9. The fourth-order valence-electron chi connectivity index (χ4n) is 3.02. The Hall–Kier alpha value is -1.71. The van der Waals surface area contributed by atoms with E-state index in [1.54, 1.807) is 0 Å². The van der Waals surface area contributed by atoms with Crippen LogP contribution in [0.1, 0.15) is 22.6 Å². The Labute approximate surface area is 132 Å². The Morgan fingerprint density at radius 2 is 2.22 bits per heavy atom. The molecule has 2 aromatic rings. The highest BCUT2D eigenvalue weighted by Crippen LogP contribution is 2.33. The van der Waals surface area contributed by atoms with Gasteiger partial charge >= 0.3 is 6.18 Å². The number of nitrogens with one attached hydrogen (secondary N) is 1. The second-order valence-electron chi connectivity index (χ2n) is 5.59. The lowest BCUT2D eigenvalue weighted by molar-refractivity contribution is -0.137. The molecule has 122 valence electrons. The third kappa shape index (κ3) is 2.30. The Morgan fingerprint density at radius 3 is 2.83 bits per heavy atom. The summed E-state index contributed by atoms with van der Waals surface area (Å²) < 4.78 is 45.3. The highest BCUT2D eigenvalue weighted by Gasteiger charge is 2.45. The van der Waals surface area contributed by atoms with Gasteiger partial charge in [-0.2, -0.15) is 13.2 Å². The normalized spacial score (nSPS) is 27.0. The van der Waals surface area contributed by atoms with Crippen LogP contribution in [0.4, 0.5) is 13.2 Å². The molecule has 0 saturated carbocycles. The van der Waals surface area contributed by atoms with Crippen molar-refractivity contribution in [2.75, 3.05) is 6.54 Å². The minimum atomic E-state index is -4.59. The quantitative estimate of drug-likeness (QED) is 0.839. The Kier molecular flexibility index (Phi) is 3.16. The fraction of sp³-hybridized carbons (Fsp3) is 0.462. The van der Waals surface area contributed by atoms with Gasteiger partial charge in [0.15, 0.2) is 5.65 Å². The molecule has 2 saturated heterocycles. The van der Waals surface area contributed by atoms with Gasteiger partial charge in [0.05, 0.1) is 16.7 Å². The number of Topliss-reactive ketones (excluding diaryl/α,β-unsaturated/α-hetero) is 1. The number of fused-ring (bicyclic) bond motifs is 3. The number of ether oxygens (including phenoxy) is 1. The molecule has 2 aliphatic heterocycles. The molecule has 6 nitrogen and oxygen atoms in total. The zero-order chi connectivity index (χ0) is 16.4. The molecule has 0 spiro atoms. The molecule has 4 rings (SSSR count).